The maximum atomic E-state index is 12.6. The lowest BCUT2D eigenvalue weighted by Gasteiger charge is -2.43. The highest BCUT2D eigenvalue weighted by atomic mass is 32.1. The highest BCUT2D eigenvalue weighted by Crippen LogP contribution is 2.44. The molecule has 156 valence electrons. The first-order chi connectivity index (χ1) is 14.1. The van der Waals surface area contributed by atoms with E-state index < -0.39 is 0 Å². The number of phenols is 1. The van der Waals surface area contributed by atoms with Gasteiger partial charge in [-0.15, -0.1) is 11.3 Å². The number of nitrogens with zero attached hydrogens (tertiary/aromatic N) is 1. The summed E-state index contributed by atoms with van der Waals surface area (Å²) in [7, 11) is 1.54. The summed E-state index contributed by atoms with van der Waals surface area (Å²) in [4.78, 5) is 16.0. The van der Waals surface area contributed by atoms with Gasteiger partial charge in [-0.1, -0.05) is 6.07 Å². The average Bonchev–Trinajstić information content (AvgIpc) is 3.22. The van der Waals surface area contributed by atoms with Gasteiger partial charge in [0.05, 0.1) is 13.7 Å². The predicted octanol–water partition coefficient (Wildman–Crippen LogP) is 4.27. The topological polar surface area (TPSA) is 59.0 Å². The van der Waals surface area contributed by atoms with Gasteiger partial charge in [0.1, 0.15) is 5.60 Å². The minimum Gasteiger partial charge on any atom is -0.504 e. The Morgan fingerprint density at radius 3 is 2.86 bits per heavy atom. The molecule has 1 amide bonds. The minimum atomic E-state index is -0.158. The number of hydrogen-bond donors (Lipinski definition) is 1. The summed E-state index contributed by atoms with van der Waals surface area (Å²) < 4.78 is 11.3. The van der Waals surface area contributed by atoms with Crippen LogP contribution in [0.1, 0.15) is 48.1 Å². The van der Waals surface area contributed by atoms with Crippen molar-refractivity contribution in [1.29, 1.82) is 0 Å². The third-order valence-corrected chi connectivity index (χ3v) is 7.33. The van der Waals surface area contributed by atoms with Gasteiger partial charge in [-0.05, 0) is 73.2 Å². The third-order valence-electron chi connectivity index (χ3n) is 6.18. The van der Waals surface area contributed by atoms with Crippen LogP contribution >= 0.6 is 11.3 Å². The fourth-order valence-electron chi connectivity index (χ4n) is 4.50. The molecule has 29 heavy (non-hydrogen) atoms. The molecule has 2 aromatic rings. The van der Waals surface area contributed by atoms with E-state index in [0.29, 0.717) is 12.2 Å². The standard InChI is InChI=1S/C23H29NO4S/c1-27-20-7-6-17(16-19(20)25)4-2-3-5-21(26)24-12-10-23(11-13-24)22-18(8-14-28-23)9-15-29-22/h6-7,9,15-16,25H,2-5,8,10-14H2,1H3. The summed E-state index contributed by atoms with van der Waals surface area (Å²) >= 11 is 1.80. The Balaban J connectivity index is 1.22. The molecular formula is C23H29NO4S. The van der Waals surface area contributed by atoms with E-state index in [2.05, 4.69) is 11.4 Å². The molecule has 4 rings (SSSR count). The number of fused-ring (bicyclic) bond motifs is 2. The summed E-state index contributed by atoms with van der Waals surface area (Å²) in [6.07, 6.45) is 6.03. The number of aryl methyl sites for hydroxylation is 1. The molecule has 0 atom stereocenters. The molecule has 1 fully saturated rings. The van der Waals surface area contributed by atoms with Gasteiger partial charge in [0, 0.05) is 24.4 Å². The van der Waals surface area contributed by atoms with Crippen LogP contribution in [0, 0.1) is 0 Å². The summed E-state index contributed by atoms with van der Waals surface area (Å²) in [6, 6.07) is 7.72. The molecule has 1 saturated heterocycles. The molecule has 0 unspecified atom stereocenters. The Morgan fingerprint density at radius 1 is 1.28 bits per heavy atom. The van der Waals surface area contributed by atoms with Crippen molar-refractivity contribution in [3.63, 3.8) is 0 Å². The van der Waals surface area contributed by atoms with E-state index in [-0.39, 0.29) is 17.3 Å². The highest BCUT2D eigenvalue weighted by Gasteiger charge is 2.42. The van der Waals surface area contributed by atoms with Crippen molar-refractivity contribution in [3.8, 4) is 11.5 Å². The largest absolute Gasteiger partial charge is 0.504 e. The van der Waals surface area contributed by atoms with Gasteiger partial charge in [-0.2, -0.15) is 0 Å². The number of hydrogen-bond acceptors (Lipinski definition) is 5. The van der Waals surface area contributed by atoms with Gasteiger partial charge in [0.2, 0.25) is 5.91 Å². The van der Waals surface area contributed by atoms with Gasteiger partial charge in [0.15, 0.2) is 11.5 Å². The van der Waals surface area contributed by atoms with Crippen molar-refractivity contribution >= 4 is 17.2 Å². The lowest BCUT2D eigenvalue weighted by molar-refractivity contribution is -0.140. The number of phenolic OH excluding ortho intramolecular Hbond substituents is 1. The van der Waals surface area contributed by atoms with Crippen molar-refractivity contribution in [3.05, 3.63) is 45.6 Å². The second-order valence-corrected chi connectivity index (χ2v) is 8.88. The lowest BCUT2D eigenvalue weighted by atomic mass is 9.85. The molecule has 0 aliphatic carbocycles. The Bertz CT molecular complexity index is 854. The minimum absolute atomic E-state index is 0.158. The van der Waals surface area contributed by atoms with Crippen LogP contribution in [-0.4, -0.2) is 42.7 Å². The smallest absolute Gasteiger partial charge is 0.222 e. The van der Waals surface area contributed by atoms with Crippen molar-refractivity contribution in [1.82, 2.24) is 4.90 Å². The summed E-state index contributed by atoms with van der Waals surface area (Å²) in [6.45, 7) is 2.35. The zero-order valence-electron chi connectivity index (χ0n) is 17.0. The van der Waals surface area contributed by atoms with Crippen LogP contribution in [0.15, 0.2) is 29.6 Å². The number of amides is 1. The Hall–Kier alpha value is -2.05. The predicted molar refractivity (Wildman–Crippen MR) is 114 cm³/mol. The number of thiophene rings is 1. The summed E-state index contributed by atoms with van der Waals surface area (Å²) in [5.41, 5.74) is 2.34. The summed E-state index contributed by atoms with van der Waals surface area (Å²) in [5, 5.41) is 12.0. The normalized spacial score (nSPS) is 17.9. The van der Waals surface area contributed by atoms with Gasteiger partial charge in [0.25, 0.3) is 0 Å². The molecule has 0 bridgehead atoms. The fourth-order valence-corrected chi connectivity index (χ4v) is 5.67. The quantitative estimate of drug-likeness (QED) is 0.716. The van der Waals surface area contributed by atoms with Crippen LogP contribution in [0.25, 0.3) is 0 Å². The zero-order valence-corrected chi connectivity index (χ0v) is 17.8. The zero-order chi connectivity index (χ0) is 20.3. The number of likely N-dealkylation sites (tertiary alicyclic amines) is 1. The van der Waals surface area contributed by atoms with E-state index in [9.17, 15) is 9.90 Å². The van der Waals surface area contributed by atoms with Crippen molar-refractivity contribution in [2.45, 2.75) is 50.5 Å². The number of aromatic hydroxyl groups is 1. The van der Waals surface area contributed by atoms with Crippen LogP contribution in [0.3, 0.4) is 0 Å². The number of piperidine rings is 1. The molecule has 1 N–H and O–H groups in total. The maximum absolute atomic E-state index is 12.6. The molecule has 0 radical (unpaired) electrons. The SMILES string of the molecule is COc1ccc(CCCCC(=O)N2CCC3(CC2)OCCc2ccsc23)cc1O. The van der Waals surface area contributed by atoms with Gasteiger partial charge in [-0.3, -0.25) is 4.79 Å². The maximum Gasteiger partial charge on any atom is 0.222 e. The highest BCUT2D eigenvalue weighted by molar-refractivity contribution is 7.10. The molecule has 2 aliphatic rings. The lowest BCUT2D eigenvalue weighted by Crippen LogP contribution is -2.47. The number of carbonyl (C=O) groups excluding carboxylic acids is 1. The number of methoxy groups -OCH3 is 1. The third kappa shape index (κ3) is 4.28. The molecule has 1 aromatic heterocycles. The van der Waals surface area contributed by atoms with Crippen LogP contribution in [0.2, 0.25) is 0 Å². The van der Waals surface area contributed by atoms with E-state index >= 15 is 0 Å². The van der Waals surface area contributed by atoms with Crippen LogP contribution in [-0.2, 0) is 28.0 Å². The average molecular weight is 416 g/mol. The Labute approximate surface area is 176 Å². The first-order valence-corrected chi connectivity index (χ1v) is 11.3. The molecule has 3 heterocycles. The van der Waals surface area contributed by atoms with E-state index in [1.165, 1.54) is 10.4 Å². The van der Waals surface area contributed by atoms with E-state index in [1.807, 2.05) is 11.0 Å². The van der Waals surface area contributed by atoms with Crippen LogP contribution < -0.4 is 4.74 Å². The summed E-state index contributed by atoms with van der Waals surface area (Å²) in [5.74, 6) is 0.908. The Morgan fingerprint density at radius 2 is 2.10 bits per heavy atom. The second kappa shape index (κ2) is 8.76. The number of ether oxygens (including phenoxy) is 2. The van der Waals surface area contributed by atoms with Gasteiger partial charge < -0.3 is 19.5 Å². The van der Waals surface area contributed by atoms with E-state index in [1.54, 1.807) is 30.6 Å². The molecule has 0 saturated carbocycles. The van der Waals surface area contributed by atoms with Crippen LogP contribution in [0.4, 0.5) is 0 Å². The number of carbonyl (C=O) groups is 1. The van der Waals surface area contributed by atoms with Gasteiger partial charge >= 0.3 is 0 Å². The molecular weight excluding hydrogens is 386 g/mol. The van der Waals surface area contributed by atoms with E-state index in [4.69, 9.17) is 9.47 Å². The van der Waals surface area contributed by atoms with Crippen molar-refractivity contribution < 1.29 is 19.4 Å². The number of rotatable bonds is 6. The van der Waals surface area contributed by atoms with Crippen molar-refractivity contribution in [2.75, 3.05) is 26.8 Å². The molecule has 5 nitrogen and oxygen atoms in total. The molecule has 1 spiro atoms. The monoisotopic (exact) mass is 415 g/mol. The van der Waals surface area contributed by atoms with Crippen molar-refractivity contribution in [2.24, 2.45) is 0 Å². The number of unbranched alkanes of at least 4 members (excludes halogenated alkanes) is 1. The molecule has 2 aliphatic heterocycles. The van der Waals surface area contributed by atoms with E-state index in [0.717, 1.165) is 63.8 Å². The Kier molecular flexibility index (Phi) is 6.11. The molecule has 6 heteroatoms. The first-order valence-electron chi connectivity index (χ1n) is 10.5. The second-order valence-electron chi connectivity index (χ2n) is 7.96. The molecule has 1 aromatic carbocycles. The van der Waals surface area contributed by atoms with Gasteiger partial charge in [-0.25, -0.2) is 0 Å². The van der Waals surface area contributed by atoms with Crippen LogP contribution in [0.5, 0.6) is 11.5 Å². The first kappa shape index (κ1) is 20.2. The number of benzene rings is 1. The fraction of sp³-hybridized carbons (Fsp3) is 0.522.